The SMILES string of the molecule is CNC1(c2cccs2)CCC2(CC1)OCCc1c2[nH]c2ccc(F)cc12. The molecule has 5 heteroatoms. The van der Waals surface area contributed by atoms with Crippen LogP contribution in [0.5, 0.6) is 0 Å². The quantitative estimate of drug-likeness (QED) is 0.678. The van der Waals surface area contributed by atoms with Crippen molar-refractivity contribution in [1.82, 2.24) is 10.3 Å². The lowest BCUT2D eigenvalue weighted by Gasteiger charge is -2.47. The molecule has 3 aromatic rings. The minimum absolute atomic E-state index is 0.0402. The highest BCUT2D eigenvalue weighted by atomic mass is 32.1. The molecule has 0 saturated heterocycles. The lowest BCUT2D eigenvalue weighted by atomic mass is 9.70. The van der Waals surface area contributed by atoms with Crippen LogP contribution in [0.15, 0.2) is 35.7 Å². The molecule has 26 heavy (non-hydrogen) atoms. The molecule has 0 amide bonds. The maximum absolute atomic E-state index is 13.8. The number of benzene rings is 1. The number of rotatable bonds is 2. The summed E-state index contributed by atoms with van der Waals surface area (Å²) in [4.78, 5) is 4.98. The number of fused-ring (bicyclic) bond motifs is 4. The van der Waals surface area contributed by atoms with Crippen molar-refractivity contribution < 1.29 is 9.13 Å². The highest BCUT2D eigenvalue weighted by molar-refractivity contribution is 7.10. The second-order valence-corrected chi connectivity index (χ2v) is 8.52. The maximum Gasteiger partial charge on any atom is 0.123 e. The molecule has 136 valence electrons. The van der Waals surface area contributed by atoms with E-state index in [1.165, 1.54) is 22.2 Å². The Hall–Kier alpha value is -1.69. The van der Waals surface area contributed by atoms with E-state index in [0.717, 1.165) is 43.0 Å². The van der Waals surface area contributed by atoms with Crippen molar-refractivity contribution in [2.45, 2.75) is 43.2 Å². The van der Waals surface area contributed by atoms with Gasteiger partial charge in [-0.25, -0.2) is 4.39 Å². The predicted octanol–water partition coefficient (Wildman–Crippen LogP) is 4.83. The third kappa shape index (κ3) is 2.30. The van der Waals surface area contributed by atoms with E-state index in [1.807, 2.05) is 17.4 Å². The van der Waals surface area contributed by atoms with Gasteiger partial charge < -0.3 is 15.0 Å². The van der Waals surface area contributed by atoms with Gasteiger partial charge in [-0.2, -0.15) is 0 Å². The summed E-state index contributed by atoms with van der Waals surface area (Å²) in [5.74, 6) is -0.171. The normalized spacial score (nSPS) is 28.5. The summed E-state index contributed by atoms with van der Waals surface area (Å²) in [6.45, 7) is 0.710. The Balaban J connectivity index is 1.54. The molecule has 0 unspecified atom stereocenters. The number of halogens is 1. The number of hydrogen-bond donors (Lipinski definition) is 2. The summed E-state index contributed by atoms with van der Waals surface area (Å²) in [6, 6.07) is 9.41. The fourth-order valence-electron chi connectivity index (χ4n) is 4.93. The summed E-state index contributed by atoms with van der Waals surface area (Å²) in [5.41, 5.74) is 3.23. The van der Waals surface area contributed by atoms with Crippen LogP contribution in [0.25, 0.3) is 10.9 Å². The largest absolute Gasteiger partial charge is 0.368 e. The monoisotopic (exact) mass is 370 g/mol. The fraction of sp³-hybridized carbons (Fsp3) is 0.429. The lowest BCUT2D eigenvalue weighted by Crippen LogP contribution is -2.49. The van der Waals surface area contributed by atoms with Crippen molar-refractivity contribution in [3.63, 3.8) is 0 Å². The zero-order valence-corrected chi connectivity index (χ0v) is 15.7. The first kappa shape index (κ1) is 16.5. The first-order valence-corrected chi connectivity index (χ1v) is 10.2. The van der Waals surface area contributed by atoms with Gasteiger partial charge in [0.05, 0.1) is 17.8 Å². The molecule has 3 heterocycles. The van der Waals surface area contributed by atoms with Crippen LogP contribution < -0.4 is 5.32 Å². The third-order valence-electron chi connectivity index (χ3n) is 6.44. The van der Waals surface area contributed by atoms with Crippen molar-refractivity contribution in [2.24, 2.45) is 0 Å². The number of ether oxygens (including phenoxy) is 1. The molecular weight excluding hydrogens is 347 g/mol. The van der Waals surface area contributed by atoms with Crippen molar-refractivity contribution in [3.8, 4) is 0 Å². The van der Waals surface area contributed by atoms with Crippen LogP contribution in [0.3, 0.4) is 0 Å². The lowest BCUT2D eigenvalue weighted by molar-refractivity contribution is -0.101. The second-order valence-electron chi connectivity index (χ2n) is 7.57. The Labute approximate surface area is 156 Å². The van der Waals surface area contributed by atoms with Crippen LogP contribution in [0, 0.1) is 5.82 Å². The summed E-state index contributed by atoms with van der Waals surface area (Å²) >= 11 is 1.83. The molecule has 5 rings (SSSR count). The molecule has 1 saturated carbocycles. The summed E-state index contributed by atoms with van der Waals surface area (Å²) in [5, 5.41) is 6.77. The van der Waals surface area contributed by atoms with Gasteiger partial charge in [-0.15, -0.1) is 11.3 Å². The van der Waals surface area contributed by atoms with Crippen molar-refractivity contribution in [2.75, 3.05) is 13.7 Å². The zero-order chi connectivity index (χ0) is 17.8. The molecule has 0 bridgehead atoms. The Morgan fingerprint density at radius 2 is 2.04 bits per heavy atom. The van der Waals surface area contributed by atoms with Gasteiger partial charge in [0, 0.05) is 15.8 Å². The Kier molecular flexibility index (Phi) is 3.75. The van der Waals surface area contributed by atoms with Gasteiger partial charge in [-0.1, -0.05) is 6.07 Å². The highest BCUT2D eigenvalue weighted by Gasteiger charge is 2.48. The number of hydrogen-bond acceptors (Lipinski definition) is 3. The summed E-state index contributed by atoms with van der Waals surface area (Å²) in [7, 11) is 2.07. The van der Waals surface area contributed by atoms with Gasteiger partial charge in [0.2, 0.25) is 0 Å². The molecule has 0 radical (unpaired) electrons. The minimum atomic E-state index is -0.263. The number of aromatic nitrogens is 1. The third-order valence-corrected chi connectivity index (χ3v) is 7.51. The molecule has 1 aliphatic heterocycles. The van der Waals surface area contributed by atoms with Gasteiger partial charge in [0.1, 0.15) is 11.4 Å². The van der Waals surface area contributed by atoms with E-state index in [1.54, 1.807) is 6.07 Å². The molecule has 1 fully saturated rings. The van der Waals surface area contributed by atoms with Crippen LogP contribution in [-0.4, -0.2) is 18.6 Å². The molecule has 0 atom stereocenters. The molecule has 1 aromatic carbocycles. The first-order valence-electron chi connectivity index (χ1n) is 9.33. The zero-order valence-electron chi connectivity index (χ0n) is 14.9. The van der Waals surface area contributed by atoms with Gasteiger partial charge in [0.25, 0.3) is 0 Å². The standard InChI is InChI=1S/C21H23FN2OS/c1-23-20(18-3-2-12-26-18)7-9-21(10-8-20)19-15(6-11-25-21)16-13-14(22)4-5-17(16)24-19/h2-5,12-13,23-24H,6-11H2,1H3. The van der Waals surface area contributed by atoms with E-state index >= 15 is 0 Å². The molecular formula is C21H23FN2OS. The average molecular weight is 370 g/mol. The van der Waals surface area contributed by atoms with Crippen molar-refractivity contribution >= 4 is 22.2 Å². The fourth-order valence-corrected chi connectivity index (χ4v) is 5.93. The van der Waals surface area contributed by atoms with E-state index in [9.17, 15) is 4.39 Å². The van der Waals surface area contributed by atoms with Crippen LogP contribution in [0.1, 0.15) is 41.8 Å². The minimum Gasteiger partial charge on any atom is -0.368 e. The van der Waals surface area contributed by atoms with Gasteiger partial charge in [-0.05, 0) is 74.4 Å². The van der Waals surface area contributed by atoms with E-state index < -0.39 is 0 Å². The van der Waals surface area contributed by atoms with Crippen molar-refractivity contribution in [1.29, 1.82) is 0 Å². The van der Waals surface area contributed by atoms with E-state index in [4.69, 9.17) is 4.74 Å². The van der Waals surface area contributed by atoms with Gasteiger partial charge in [-0.3, -0.25) is 0 Å². The van der Waals surface area contributed by atoms with Crippen LogP contribution in [-0.2, 0) is 22.3 Å². The molecule has 1 spiro atoms. The average Bonchev–Trinajstić information content (AvgIpc) is 3.32. The number of H-pyrrole nitrogens is 1. The van der Waals surface area contributed by atoms with E-state index in [2.05, 4.69) is 34.9 Å². The summed E-state index contributed by atoms with van der Waals surface area (Å²) < 4.78 is 20.2. The Morgan fingerprint density at radius 1 is 1.19 bits per heavy atom. The molecule has 2 N–H and O–H groups in total. The van der Waals surface area contributed by atoms with E-state index in [0.29, 0.717) is 6.61 Å². The first-order chi connectivity index (χ1) is 12.7. The second kappa shape index (κ2) is 5.91. The van der Waals surface area contributed by atoms with Crippen LogP contribution in [0.2, 0.25) is 0 Å². The smallest absolute Gasteiger partial charge is 0.123 e. The van der Waals surface area contributed by atoms with Crippen molar-refractivity contribution in [3.05, 3.63) is 57.7 Å². The maximum atomic E-state index is 13.8. The Morgan fingerprint density at radius 3 is 2.77 bits per heavy atom. The topological polar surface area (TPSA) is 37.0 Å². The number of aromatic amines is 1. The predicted molar refractivity (Wildman–Crippen MR) is 103 cm³/mol. The van der Waals surface area contributed by atoms with Gasteiger partial charge in [0.15, 0.2) is 0 Å². The van der Waals surface area contributed by atoms with Crippen LogP contribution >= 0.6 is 11.3 Å². The molecule has 2 aromatic heterocycles. The molecule has 2 aliphatic rings. The molecule has 1 aliphatic carbocycles. The number of thiophene rings is 1. The number of nitrogens with one attached hydrogen (secondary N) is 2. The van der Waals surface area contributed by atoms with Crippen LogP contribution in [0.4, 0.5) is 4.39 Å². The molecule has 3 nitrogen and oxygen atoms in total. The Bertz CT molecular complexity index is 938. The van der Waals surface area contributed by atoms with Gasteiger partial charge >= 0.3 is 0 Å². The summed E-state index contributed by atoms with van der Waals surface area (Å²) in [6.07, 6.45) is 4.85. The van der Waals surface area contributed by atoms with E-state index in [-0.39, 0.29) is 17.0 Å². The highest BCUT2D eigenvalue weighted by Crippen LogP contribution is 2.51.